The van der Waals surface area contributed by atoms with Crippen molar-refractivity contribution in [2.75, 3.05) is 0 Å². The zero-order valence-electron chi connectivity index (χ0n) is 11.4. The number of aryl methyl sites for hydroxylation is 2. The molecule has 0 aliphatic carbocycles. The van der Waals surface area contributed by atoms with Crippen LogP contribution in [0, 0.1) is 19.7 Å². The third kappa shape index (κ3) is 3.28. The highest BCUT2D eigenvalue weighted by molar-refractivity contribution is 9.09. The molecule has 1 unspecified atom stereocenters. The number of halogens is 5. The zero-order chi connectivity index (χ0) is 15.8. The van der Waals surface area contributed by atoms with Crippen molar-refractivity contribution in [2.45, 2.75) is 24.9 Å². The lowest BCUT2D eigenvalue weighted by atomic mass is 9.96. The van der Waals surface area contributed by atoms with Gasteiger partial charge in [0.2, 0.25) is 0 Å². The Balaban J connectivity index is 2.53. The van der Waals surface area contributed by atoms with Gasteiger partial charge < -0.3 is 0 Å². The summed E-state index contributed by atoms with van der Waals surface area (Å²) in [7, 11) is 0. The summed E-state index contributed by atoms with van der Waals surface area (Å²) in [5, 5.41) is 0. The molecule has 0 bridgehead atoms. The van der Waals surface area contributed by atoms with Crippen LogP contribution in [0.4, 0.5) is 17.6 Å². The Morgan fingerprint density at radius 3 is 2.05 bits per heavy atom. The van der Waals surface area contributed by atoms with Crippen molar-refractivity contribution in [3.63, 3.8) is 0 Å². The van der Waals surface area contributed by atoms with E-state index in [1.807, 2.05) is 0 Å². The van der Waals surface area contributed by atoms with Crippen LogP contribution in [-0.2, 0) is 6.18 Å². The van der Waals surface area contributed by atoms with Crippen LogP contribution in [-0.4, -0.2) is 0 Å². The fraction of sp³-hybridized carbons (Fsp3) is 0.250. The minimum atomic E-state index is -4.42. The van der Waals surface area contributed by atoms with Gasteiger partial charge >= 0.3 is 6.18 Å². The smallest absolute Gasteiger partial charge is 0.206 e. The maximum absolute atomic E-state index is 13.6. The molecule has 0 nitrogen and oxygen atoms in total. The molecule has 2 rings (SSSR count). The Morgan fingerprint density at radius 2 is 1.52 bits per heavy atom. The van der Waals surface area contributed by atoms with Gasteiger partial charge in [0.15, 0.2) is 0 Å². The van der Waals surface area contributed by atoms with Crippen molar-refractivity contribution in [3.05, 3.63) is 70.0 Å². The van der Waals surface area contributed by atoms with Gasteiger partial charge in [0.1, 0.15) is 5.82 Å². The summed E-state index contributed by atoms with van der Waals surface area (Å²) in [4.78, 5) is -0.645. The van der Waals surface area contributed by atoms with Crippen LogP contribution in [0.2, 0.25) is 0 Å². The van der Waals surface area contributed by atoms with Gasteiger partial charge in [-0.3, -0.25) is 0 Å². The maximum atomic E-state index is 13.6. The molecule has 0 N–H and O–H groups in total. The largest absolute Gasteiger partial charge is 0.416 e. The maximum Gasteiger partial charge on any atom is 0.416 e. The summed E-state index contributed by atoms with van der Waals surface area (Å²) < 4.78 is 52.8. The lowest BCUT2D eigenvalue weighted by molar-refractivity contribution is -0.138. The summed E-state index contributed by atoms with van der Waals surface area (Å²) in [5.74, 6) is -0.331. The van der Waals surface area contributed by atoms with Gasteiger partial charge in [-0.15, -0.1) is 0 Å². The highest BCUT2D eigenvalue weighted by Gasteiger charge is 2.34. The number of hydrogen-bond donors (Lipinski definition) is 0. The second-order valence-electron chi connectivity index (χ2n) is 4.92. The first-order chi connectivity index (χ1) is 9.71. The van der Waals surface area contributed by atoms with Crippen LogP contribution in [0.1, 0.15) is 32.6 Å². The Bertz CT molecular complexity index is 639. The molecule has 0 aliphatic rings. The second kappa shape index (κ2) is 5.79. The van der Waals surface area contributed by atoms with E-state index < -0.39 is 16.6 Å². The number of alkyl halides is 4. The molecule has 0 saturated carbocycles. The molecule has 0 fully saturated rings. The zero-order valence-corrected chi connectivity index (χ0v) is 13.0. The van der Waals surface area contributed by atoms with E-state index in [0.29, 0.717) is 16.7 Å². The quantitative estimate of drug-likeness (QED) is 0.458. The predicted molar refractivity (Wildman–Crippen MR) is 78.1 cm³/mol. The van der Waals surface area contributed by atoms with Crippen LogP contribution in [0.3, 0.4) is 0 Å². The lowest BCUT2D eigenvalue weighted by Crippen LogP contribution is -2.10. The molecule has 2 aromatic rings. The van der Waals surface area contributed by atoms with E-state index in [9.17, 15) is 17.6 Å². The Morgan fingerprint density at radius 1 is 1.00 bits per heavy atom. The average molecular weight is 361 g/mol. The minimum absolute atomic E-state index is 0.121. The normalized spacial score (nSPS) is 13.3. The Hall–Kier alpha value is -1.36. The van der Waals surface area contributed by atoms with Gasteiger partial charge in [-0.05, 0) is 42.2 Å². The third-order valence-electron chi connectivity index (χ3n) is 3.29. The molecule has 2 aromatic carbocycles. The molecule has 0 amide bonds. The SMILES string of the molecule is Cc1cc(C(Br)c2ccccc2C(F)(F)F)cc(C)c1F. The summed E-state index contributed by atoms with van der Waals surface area (Å²) in [6.07, 6.45) is -4.42. The van der Waals surface area contributed by atoms with E-state index >= 15 is 0 Å². The first-order valence-electron chi connectivity index (χ1n) is 6.28. The molecular weight excluding hydrogens is 348 g/mol. The standard InChI is InChI=1S/C16H13BrF4/c1-9-7-11(8-10(2)15(9)18)14(17)12-5-3-4-6-13(12)16(19,20)21/h3-8,14H,1-2H3. The van der Waals surface area contributed by atoms with Crippen molar-refractivity contribution in [1.29, 1.82) is 0 Å². The molecule has 1 atom stereocenters. The van der Waals surface area contributed by atoms with E-state index in [4.69, 9.17) is 0 Å². The molecular formula is C16H13BrF4. The molecule has 0 saturated heterocycles. The molecule has 0 aliphatic heterocycles. The fourth-order valence-corrected chi connectivity index (χ4v) is 2.95. The Kier molecular flexibility index (Phi) is 4.42. The molecule has 112 valence electrons. The van der Waals surface area contributed by atoms with Crippen molar-refractivity contribution < 1.29 is 17.6 Å². The highest BCUT2D eigenvalue weighted by atomic mass is 79.9. The minimum Gasteiger partial charge on any atom is -0.206 e. The number of rotatable bonds is 2. The first-order valence-corrected chi connectivity index (χ1v) is 7.20. The molecule has 0 spiro atoms. The van der Waals surface area contributed by atoms with Crippen LogP contribution in [0.25, 0.3) is 0 Å². The predicted octanol–water partition coefficient (Wildman–Crippen LogP) is 5.95. The molecule has 5 heteroatoms. The number of hydrogen-bond acceptors (Lipinski definition) is 0. The van der Waals surface area contributed by atoms with E-state index in [0.717, 1.165) is 6.07 Å². The fourth-order valence-electron chi connectivity index (χ4n) is 2.28. The Labute approximate surface area is 128 Å². The van der Waals surface area contributed by atoms with Gasteiger partial charge in [-0.2, -0.15) is 13.2 Å². The van der Waals surface area contributed by atoms with Crippen LogP contribution < -0.4 is 0 Å². The summed E-state index contributed by atoms with van der Waals surface area (Å²) >= 11 is 3.31. The van der Waals surface area contributed by atoms with Gasteiger partial charge in [0, 0.05) is 0 Å². The molecule has 21 heavy (non-hydrogen) atoms. The lowest BCUT2D eigenvalue weighted by Gasteiger charge is -2.18. The second-order valence-corrected chi connectivity index (χ2v) is 5.83. The van der Waals surface area contributed by atoms with Crippen molar-refractivity contribution in [1.82, 2.24) is 0 Å². The molecule has 0 aromatic heterocycles. The summed E-state index contributed by atoms with van der Waals surface area (Å²) in [6, 6.07) is 8.52. The molecule has 0 heterocycles. The van der Waals surface area contributed by atoms with Gasteiger partial charge in [-0.1, -0.05) is 46.3 Å². The van der Waals surface area contributed by atoms with Gasteiger partial charge in [-0.25, -0.2) is 4.39 Å². The van der Waals surface area contributed by atoms with Gasteiger partial charge in [0.25, 0.3) is 0 Å². The van der Waals surface area contributed by atoms with E-state index in [2.05, 4.69) is 15.9 Å². The van der Waals surface area contributed by atoms with Crippen LogP contribution in [0.5, 0.6) is 0 Å². The average Bonchev–Trinajstić information content (AvgIpc) is 2.42. The highest BCUT2D eigenvalue weighted by Crippen LogP contribution is 2.40. The van der Waals surface area contributed by atoms with Gasteiger partial charge in [0.05, 0.1) is 10.4 Å². The summed E-state index contributed by atoms with van der Waals surface area (Å²) in [5.41, 5.74) is 0.864. The van der Waals surface area contributed by atoms with E-state index in [1.165, 1.54) is 12.1 Å². The van der Waals surface area contributed by atoms with E-state index in [-0.39, 0.29) is 11.4 Å². The molecule has 0 radical (unpaired) electrons. The number of benzene rings is 2. The monoisotopic (exact) mass is 360 g/mol. The van der Waals surface area contributed by atoms with Crippen LogP contribution >= 0.6 is 15.9 Å². The summed E-state index contributed by atoms with van der Waals surface area (Å²) in [6.45, 7) is 3.20. The van der Waals surface area contributed by atoms with E-state index in [1.54, 1.807) is 32.0 Å². The first kappa shape index (κ1) is 16.0. The topological polar surface area (TPSA) is 0 Å². The van der Waals surface area contributed by atoms with Crippen molar-refractivity contribution in [3.8, 4) is 0 Å². The van der Waals surface area contributed by atoms with Crippen molar-refractivity contribution in [2.24, 2.45) is 0 Å². The van der Waals surface area contributed by atoms with Crippen LogP contribution in [0.15, 0.2) is 36.4 Å². The third-order valence-corrected chi connectivity index (χ3v) is 4.31. The van der Waals surface area contributed by atoms with Crippen molar-refractivity contribution >= 4 is 15.9 Å².